The van der Waals surface area contributed by atoms with E-state index in [1.54, 1.807) is 24.3 Å². The molecule has 3 aromatic rings. The van der Waals surface area contributed by atoms with Crippen molar-refractivity contribution in [2.24, 2.45) is 0 Å². The van der Waals surface area contributed by atoms with Gasteiger partial charge in [0.05, 0.1) is 17.0 Å². The third kappa shape index (κ3) is 3.21. The Bertz CT molecular complexity index is 967. The number of hydrogen-bond donors (Lipinski definition) is 0. The number of aromatic nitrogens is 2. The number of aryl methyl sites for hydroxylation is 1. The van der Waals surface area contributed by atoms with Gasteiger partial charge in [-0.2, -0.15) is 0 Å². The summed E-state index contributed by atoms with van der Waals surface area (Å²) in [7, 11) is 0. The SMILES string of the molecule is Cc1ncc2c(n1)CCN(Cc1ccc(-c3ccccc3[N+](=O)[O-])o1)C2. The van der Waals surface area contributed by atoms with E-state index < -0.39 is 0 Å². The van der Waals surface area contributed by atoms with Gasteiger partial charge in [-0.1, -0.05) is 12.1 Å². The van der Waals surface area contributed by atoms with Gasteiger partial charge in [-0.15, -0.1) is 0 Å². The fraction of sp³-hybridized carbons (Fsp3) is 0.263. The molecule has 2 aromatic heterocycles. The Balaban J connectivity index is 1.51. The van der Waals surface area contributed by atoms with Crippen molar-refractivity contribution >= 4 is 5.69 Å². The molecular weight excluding hydrogens is 332 g/mol. The van der Waals surface area contributed by atoms with Crippen molar-refractivity contribution in [3.8, 4) is 11.3 Å². The van der Waals surface area contributed by atoms with Gasteiger partial charge in [-0.3, -0.25) is 15.0 Å². The van der Waals surface area contributed by atoms with Crippen LogP contribution < -0.4 is 0 Å². The van der Waals surface area contributed by atoms with E-state index in [1.165, 1.54) is 6.07 Å². The van der Waals surface area contributed by atoms with Crippen LogP contribution in [0, 0.1) is 17.0 Å². The van der Waals surface area contributed by atoms with Gasteiger partial charge < -0.3 is 4.42 Å². The van der Waals surface area contributed by atoms with Gasteiger partial charge in [0.15, 0.2) is 0 Å². The molecule has 26 heavy (non-hydrogen) atoms. The molecule has 0 saturated heterocycles. The maximum atomic E-state index is 11.2. The summed E-state index contributed by atoms with van der Waals surface area (Å²) in [5, 5.41) is 11.2. The molecule has 132 valence electrons. The standard InChI is InChI=1S/C19H18N4O3/c1-13-20-10-14-11-22(9-8-17(14)21-13)12-15-6-7-19(26-15)16-4-2-3-5-18(16)23(24)25/h2-7,10H,8-9,11-12H2,1H3. The molecule has 0 aliphatic carbocycles. The molecule has 7 nitrogen and oxygen atoms in total. The molecule has 0 unspecified atom stereocenters. The quantitative estimate of drug-likeness (QED) is 0.529. The number of rotatable bonds is 4. The zero-order valence-corrected chi connectivity index (χ0v) is 14.4. The average Bonchev–Trinajstić information content (AvgIpc) is 3.10. The van der Waals surface area contributed by atoms with Crippen LogP contribution in [-0.4, -0.2) is 26.3 Å². The molecule has 0 amide bonds. The number of benzene rings is 1. The highest BCUT2D eigenvalue weighted by atomic mass is 16.6. The second-order valence-corrected chi connectivity index (χ2v) is 6.39. The molecule has 1 aliphatic heterocycles. The average molecular weight is 350 g/mol. The summed E-state index contributed by atoms with van der Waals surface area (Å²) < 4.78 is 5.89. The summed E-state index contributed by atoms with van der Waals surface area (Å²) in [5.41, 5.74) is 2.81. The van der Waals surface area contributed by atoms with E-state index in [-0.39, 0.29) is 10.6 Å². The zero-order chi connectivity index (χ0) is 18.1. The normalized spacial score (nSPS) is 14.2. The van der Waals surface area contributed by atoms with E-state index in [0.717, 1.165) is 42.4 Å². The largest absolute Gasteiger partial charge is 0.459 e. The Morgan fingerprint density at radius 1 is 1.27 bits per heavy atom. The molecule has 0 saturated carbocycles. The Kier molecular flexibility index (Phi) is 4.22. The molecule has 0 fully saturated rings. The maximum Gasteiger partial charge on any atom is 0.280 e. The minimum Gasteiger partial charge on any atom is -0.459 e. The van der Waals surface area contributed by atoms with Crippen LogP contribution in [-0.2, 0) is 19.5 Å². The molecule has 0 atom stereocenters. The van der Waals surface area contributed by atoms with Gasteiger partial charge in [0.25, 0.3) is 5.69 Å². The van der Waals surface area contributed by atoms with Crippen molar-refractivity contribution in [3.63, 3.8) is 0 Å². The summed E-state index contributed by atoms with van der Waals surface area (Å²) in [5.74, 6) is 2.11. The van der Waals surface area contributed by atoms with Crippen LogP contribution >= 0.6 is 0 Å². The van der Waals surface area contributed by atoms with Crippen LogP contribution in [0.15, 0.2) is 47.0 Å². The van der Waals surface area contributed by atoms with E-state index >= 15 is 0 Å². The van der Waals surface area contributed by atoms with E-state index in [2.05, 4.69) is 14.9 Å². The molecule has 0 N–H and O–H groups in total. The van der Waals surface area contributed by atoms with Crippen molar-refractivity contribution < 1.29 is 9.34 Å². The molecule has 7 heteroatoms. The molecule has 0 spiro atoms. The Hall–Kier alpha value is -3.06. The van der Waals surface area contributed by atoms with E-state index in [4.69, 9.17) is 4.42 Å². The minimum absolute atomic E-state index is 0.0489. The first-order valence-electron chi connectivity index (χ1n) is 8.46. The fourth-order valence-corrected chi connectivity index (χ4v) is 3.28. The smallest absolute Gasteiger partial charge is 0.280 e. The van der Waals surface area contributed by atoms with E-state index in [0.29, 0.717) is 17.9 Å². The van der Waals surface area contributed by atoms with Gasteiger partial charge in [0.1, 0.15) is 17.3 Å². The summed E-state index contributed by atoms with van der Waals surface area (Å²) in [6.07, 6.45) is 2.78. The second-order valence-electron chi connectivity index (χ2n) is 6.39. The van der Waals surface area contributed by atoms with Crippen LogP contribution in [0.5, 0.6) is 0 Å². The lowest BCUT2D eigenvalue weighted by Crippen LogP contribution is -2.30. The lowest BCUT2D eigenvalue weighted by Gasteiger charge is -2.27. The summed E-state index contributed by atoms with van der Waals surface area (Å²) in [4.78, 5) is 21.9. The van der Waals surface area contributed by atoms with Gasteiger partial charge in [0.2, 0.25) is 0 Å². The highest BCUT2D eigenvalue weighted by molar-refractivity contribution is 5.69. The van der Waals surface area contributed by atoms with Gasteiger partial charge in [-0.25, -0.2) is 9.97 Å². The molecule has 4 rings (SSSR count). The van der Waals surface area contributed by atoms with E-state index in [9.17, 15) is 10.1 Å². The van der Waals surface area contributed by atoms with Crippen LogP contribution in [0.4, 0.5) is 5.69 Å². The van der Waals surface area contributed by atoms with Gasteiger partial charge in [0, 0.05) is 43.0 Å². The summed E-state index contributed by atoms with van der Waals surface area (Å²) in [6, 6.07) is 10.3. The monoisotopic (exact) mass is 350 g/mol. The van der Waals surface area contributed by atoms with Crippen molar-refractivity contribution in [1.29, 1.82) is 0 Å². The minimum atomic E-state index is -0.388. The molecular formula is C19H18N4O3. The summed E-state index contributed by atoms with van der Waals surface area (Å²) >= 11 is 0. The van der Waals surface area contributed by atoms with Crippen molar-refractivity contribution in [2.75, 3.05) is 6.54 Å². The molecule has 0 radical (unpaired) electrons. The zero-order valence-electron chi connectivity index (χ0n) is 14.4. The third-order valence-corrected chi connectivity index (χ3v) is 4.54. The number of fused-ring (bicyclic) bond motifs is 1. The highest BCUT2D eigenvalue weighted by Crippen LogP contribution is 2.31. The lowest BCUT2D eigenvalue weighted by atomic mass is 10.1. The Morgan fingerprint density at radius 2 is 2.12 bits per heavy atom. The second kappa shape index (κ2) is 6.68. The molecule has 0 bridgehead atoms. The fourth-order valence-electron chi connectivity index (χ4n) is 3.28. The van der Waals surface area contributed by atoms with Crippen LogP contribution in [0.1, 0.15) is 22.8 Å². The molecule has 1 aromatic carbocycles. The predicted molar refractivity (Wildman–Crippen MR) is 95.4 cm³/mol. The molecule has 1 aliphatic rings. The third-order valence-electron chi connectivity index (χ3n) is 4.54. The van der Waals surface area contributed by atoms with Gasteiger partial charge in [-0.05, 0) is 25.1 Å². The number of nitro benzene ring substituents is 1. The van der Waals surface area contributed by atoms with Crippen molar-refractivity contribution in [3.05, 3.63) is 75.6 Å². The number of furan rings is 1. The van der Waals surface area contributed by atoms with E-state index in [1.807, 2.05) is 19.2 Å². The van der Waals surface area contributed by atoms with Crippen LogP contribution in [0.2, 0.25) is 0 Å². The lowest BCUT2D eigenvalue weighted by molar-refractivity contribution is -0.384. The van der Waals surface area contributed by atoms with Crippen LogP contribution in [0.3, 0.4) is 0 Å². The Labute approximate surface area is 150 Å². The first-order valence-corrected chi connectivity index (χ1v) is 8.46. The van der Waals surface area contributed by atoms with Gasteiger partial charge >= 0.3 is 0 Å². The first kappa shape index (κ1) is 16.4. The topological polar surface area (TPSA) is 85.3 Å². The maximum absolute atomic E-state index is 11.2. The highest BCUT2D eigenvalue weighted by Gasteiger charge is 2.21. The first-order chi connectivity index (χ1) is 12.6. The van der Waals surface area contributed by atoms with Crippen LogP contribution in [0.25, 0.3) is 11.3 Å². The summed E-state index contributed by atoms with van der Waals surface area (Å²) in [6.45, 7) is 4.22. The number of para-hydroxylation sites is 1. The number of nitro groups is 1. The number of hydrogen-bond acceptors (Lipinski definition) is 6. The van der Waals surface area contributed by atoms with Crippen molar-refractivity contribution in [2.45, 2.75) is 26.4 Å². The predicted octanol–water partition coefficient (Wildman–Crippen LogP) is 3.51. The van der Waals surface area contributed by atoms with Crippen molar-refractivity contribution in [1.82, 2.24) is 14.9 Å². The number of nitrogens with zero attached hydrogens (tertiary/aromatic N) is 4. The molecule has 3 heterocycles. The Morgan fingerprint density at radius 3 is 2.96 bits per heavy atom.